The first-order valence-electron chi connectivity index (χ1n) is 4.32. The molecule has 3 amide bonds. The fraction of sp³-hybridized carbons (Fsp3) is 0.750. The maximum atomic E-state index is 11.0. The minimum atomic E-state index is -0.605. The summed E-state index contributed by atoms with van der Waals surface area (Å²) in [7, 11) is 0. The lowest BCUT2D eigenvalue weighted by Crippen LogP contribution is -2.51. The molecule has 0 radical (unpaired) electrons. The maximum Gasteiger partial charge on any atom is 0.315 e. The van der Waals surface area contributed by atoms with Crippen molar-refractivity contribution in [3.8, 4) is 0 Å². The van der Waals surface area contributed by atoms with Gasteiger partial charge in [-0.2, -0.15) is 0 Å². The molecule has 1 atom stereocenters. The van der Waals surface area contributed by atoms with Crippen LogP contribution in [0.25, 0.3) is 0 Å². The predicted molar refractivity (Wildman–Crippen MR) is 50.0 cm³/mol. The average molecular weight is 187 g/mol. The number of amides is 3. The molecule has 0 aliphatic heterocycles. The molecule has 0 bridgehead atoms. The molecule has 0 saturated carbocycles. The third-order valence-corrected chi connectivity index (χ3v) is 1.60. The minimum absolute atomic E-state index is 0.0000983. The molecule has 0 aromatic heterocycles. The Morgan fingerprint density at radius 3 is 2.23 bits per heavy atom. The van der Waals surface area contributed by atoms with E-state index in [0.29, 0.717) is 6.54 Å². The van der Waals surface area contributed by atoms with Gasteiger partial charge in [-0.1, -0.05) is 13.8 Å². The van der Waals surface area contributed by atoms with Crippen molar-refractivity contribution < 1.29 is 9.59 Å². The zero-order valence-corrected chi connectivity index (χ0v) is 8.26. The van der Waals surface area contributed by atoms with Crippen LogP contribution in [0, 0.1) is 5.92 Å². The van der Waals surface area contributed by atoms with E-state index in [1.165, 1.54) is 0 Å². The van der Waals surface area contributed by atoms with Gasteiger partial charge in [-0.25, -0.2) is 4.79 Å². The number of carbonyl (C=O) groups excluding carboxylic acids is 2. The van der Waals surface area contributed by atoms with Crippen molar-refractivity contribution in [2.75, 3.05) is 6.54 Å². The molecule has 1 unspecified atom stereocenters. The van der Waals surface area contributed by atoms with Gasteiger partial charge in [0.1, 0.15) is 6.04 Å². The molecule has 4 N–H and O–H groups in total. The highest BCUT2D eigenvalue weighted by Gasteiger charge is 2.20. The van der Waals surface area contributed by atoms with E-state index in [-0.39, 0.29) is 11.9 Å². The van der Waals surface area contributed by atoms with Crippen LogP contribution in [-0.4, -0.2) is 24.5 Å². The molecule has 0 aliphatic rings. The highest BCUT2D eigenvalue weighted by atomic mass is 16.2. The predicted octanol–water partition coefficient (Wildman–Crippen LogP) is -0.185. The third kappa shape index (κ3) is 4.35. The van der Waals surface area contributed by atoms with E-state index in [2.05, 4.69) is 10.6 Å². The van der Waals surface area contributed by atoms with Crippen LogP contribution in [0.2, 0.25) is 0 Å². The zero-order chi connectivity index (χ0) is 10.4. The van der Waals surface area contributed by atoms with Crippen molar-refractivity contribution in [1.29, 1.82) is 0 Å². The Balaban J connectivity index is 4.10. The molecule has 0 aromatic rings. The van der Waals surface area contributed by atoms with Crippen LogP contribution in [0.5, 0.6) is 0 Å². The molecular formula is C8H17N3O2. The highest BCUT2D eigenvalue weighted by Crippen LogP contribution is 1.99. The number of primary amides is 1. The van der Waals surface area contributed by atoms with Crippen LogP contribution >= 0.6 is 0 Å². The quantitative estimate of drug-likeness (QED) is 0.570. The first kappa shape index (κ1) is 11.7. The summed E-state index contributed by atoms with van der Waals surface area (Å²) >= 11 is 0. The van der Waals surface area contributed by atoms with Crippen molar-refractivity contribution in [2.45, 2.75) is 26.8 Å². The van der Waals surface area contributed by atoms with Gasteiger partial charge in [-0.05, 0) is 12.8 Å². The lowest BCUT2D eigenvalue weighted by atomic mass is 10.0. The normalized spacial score (nSPS) is 12.3. The van der Waals surface area contributed by atoms with Crippen LogP contribution in [0.15, 0.2) is 0 Å². The second-order valence-corrected chi connectivity index (χ2v) is 3.13. The van der Waals surface area contributed by atoms with Gasteiger partial charge >= 0.3 is 6.03 Å². The topological polar surface area (TPSA) is 84.2 Å². The van der Waals surface area contributed by atoms with Crippen LogP contribution in [0.1, 0.15) is 20.8 Å². The van der Waals surface area contributed by atoms with E-state index in [9.17, 15) is 9.59 Å². The molecule has 5 nitrogen and oxygen atoms in total. The van der Waals surface area contributed by atoms with Gasteiger partial charge in [0.25, 0.3) is 0 Å². The summed E-state index contributed by atoms with van der Waals surface area (Å²) in [5.74, 6) is -0.513. The van der Waals surface area contributed by atoms with Gasteiger partial charge in [0.2, 0.25) is 5.91 Å². The summed E-state index contributed by atoms with van der Waals surface area (Å²) < 4.78 is 0. The second-order valence-electron chi connectivity index (χ2n) is 3.13. The number of nitrogens with one attached hydrogen (secondary N) is 2. The van der Waals surface area contributed by atoms with Crippen molar-refractivity contribution in [1.82, 2.24) is 10.6 Å². The molecule has 0 spiro atoms. The number of hydrogen-bond acceptors (Lipinski definition) is 2. The Labute approximate surface area is 78.1 Å². The Bertz CT molecular complexity index is 192. The van der Waals surface area contributed by atoms with E-state index < -0.39 is 11.9 Å². The van der Waals surface area contributed by atoms with Gasteiger partial charge in [0.15, 0.2) is 0 Å². The molecule has 0 heterocycles. The van der Waals surface area contributed by atoms with Crippen molar-refractivity contribution >= 4 is 11.9 Å². The maximum absolute atomic E-state index is 11.0. The van der Waals surface area contributed by atoms with Crippen LogP contribution in [0.3, 0.4) is 0 Å². The smallest absolute Gasteiger partial charge is 0.315 e. The fourth-order valence-electron chi connectivity index (χ4n) is 0.919. The molecule has 13 heavy (non-hydrogen) atoms. The standard InChI is InChI=1S/C8H17N3O2/c1-4-10-8(13)11-6(5(2)3)7(9)12/h5-6H,4H2,1-3H3,(H2,9,12)(H2,10,11,13). The fourth-order valence-corrected chi connectivity index (χ4v) is 0.919. The van der Waals surface area contributed by atoms with E-state index in [0.717, 1.165) is 0 Å². The Hall–Kier alpha value is -1.26. The SMILES string of the molecule is CCNC(=O)NC(C(N)=O)C(C)C. The number of carbonyl (C=O) groups is 2. The highest BCUT2D eigenvalue weighted by molar-refractivity contribution is 5.86. The number of rotatable bonds is 4. The summed E-state index contributed by atoms with van der Waals surface area (Å²) in [6.45, 7) is 5.97. The van der Waals surface area contributed by atoms with Gasteiger partial charge < -0.3 is 16.4 Å². The molecule has 0 aromatic carbocycles. The van der Waals surface area contributed by atoms with Crippen molar-refractivity contribution in [3.05, 3.63) is 0 Å². The zero-order valence-electron chi connectivity index (χ0n) is 8.26. The minimum Gasteiger partial charge on any atom is -0.368 e. The number of nitrogens with two attached hydrogens (primary N) is 1. The van der Waals surface area contributed by atoms with Gasteiger partial charge in [0.05, 0.1) is 0 Å². The van der Waals surface area contributed by atoms with Crippen LogP contribution in [0.4, 0.5) is 4.79 Å². The van der Waals surface area contributed by atoms with Gasteiger partial charge in [-0.15, -0.1) is 0 Å². The molecule has 76 valence electrons. The Morgan fingerprint density at radius 1 is 1.38 bits per heavy atom. The lowest BCUT2D eigenvalue weighted by molar-refractivity contribution is -0.120. The molecule has 0 saturated heterocycles. The first-order chi connectivity index (χ1) is 5.99. The molecular weight excluding hydrogens is 170 g/mol. The van der Waals surface area contributed by atoms with Crippen molar-refractivity contribution in [3.63, 3.8) is 0 Å². The van der Waals surface area contributed by atoms with Crippen LogP contribution < -0.4 is 16.4 Å². The molecule has 0 aliphatic carbocycles. The Kier molecular flexibility index (Phi) is 4.87. The summed E-state index contributed by atoms with van der Waals surface area (Å²) in [4.78, 5) is 21.9. The average Bonchev–Trinajstić information content (AvgIpc) is 1.99. The number of hydrogen-bond donors (Lipinski definition) is 3. The monoisotopic (exact) mass is 187 g/mol. The summed E-state index contributed by atoms with van der Waals surface area (Å²) in [6.07, 6.45) is 0. The summed E-state index contributed by atoms with van der Waals surface area (Å²) in [5.41, 5.74) is 5.10. The summed E-state index contributed by atoms with van der Waals surface area (Å²) in [5, 5.41) is 5.02. The molecule has 0 fully saturated rings. The third-order valence-electron chi connectivity index (χ3n) is 1.60. The second kappa shape index (κ2) is 5.40. The lowest BCUT2D eigenvalue weighted by Gasteiger charge is -2.18. The number of urea groups is 1. The first-order valence-corrected chi connectivity index (χ1v) is 4.32. The van der Waals surface area contributed by atoms with Gasteiger partial charge in [-0.3, -0.25) is 4.79 Å². The van der Waals surface area contributed by atoms with Crippen molar-refractivity contribution in [2.24, 2.45) is 11.7 Å². The summed E-state index contributed by atoms with van der Waals surface area (Å²) in [6, 6.07) is -0.966. The molecule has 0 rings (SSSR count). The van der Waals surface area contributed by atoms with E-state index in [1.54, 1.807) is 6.92 Å². The van der Waals surface area contributed by atoms with Crippen LogP contribution in [-0.2, 0) is 4.79 Å². The Morgan fingerprint density at radius 2 is 1.92 bits per heavy atom. The largest absolute Gasteiger partial charge is 0.368 e. The van der Waals surface area contributed by atoms with Gasteiger partial charge in [0, 0.05) is 6.54 Å². The van der Waals surface area contributed by atoms with E-state index in [1.807, 2.05) is 13.8 Å². The van der Waals surface area contributed by atoms with E-state index >= 15 is 0 Å². The molecule has 5 heteroatoms. The van der Waals surface area contributed by atoms with E-state index in [4.69, 9.17) is 5.73 Å².